The Balaban J connectivity index is 0.000000261. The Bertz CT molecular complexity index is 140. The summed E-state index contributed by atoms with van der Waals surface area (Å²) in [6.07, 6.45) is 8.23. The molecule has 0 heterocycles. The van der Waals surface area contributed by atoms with Gasteiger partial charge in [0.25, 0.3) is 0 Å². The summed E-state index contributed by atoms with van der Waals surface area (Å²) in [4.78, 5) is 0. The Morgan fingerprint density at radius 2 is 1.92 bits per heavy atom. The smallest absolute Gasteiger partial charge is 0.0905 e. The van der Waals surface area contributed by atoms with Crippen molar-refractivity contribution in [3.8, 4) is 6.07 Å². The van der Waals surface area contributed by atoms with E-state index in [0.29, 0.717) is 0 Å². The molecule has 1 aliphatic rings. The van der Waals surface area contributed by atoms with Crippen LogP contribution in [0.3, 0.4) is 0 Å². The first-order valence-electron chi connectivity index (χ1n) is 4.55. The summed E-state index contributed by atoms with van der Waals surface area (Å²) in [7, 11) is 0. The molecule has 0 radical (unpaired) electrons. The fourth-order valence-corrected chi connectivity index (χ4v) is 1.42. The molecule has 0 aromatic rings. The molecule has 1 rings (SSSR count). The predicted octanol–water partition coefficient (Wildman–Crippen LogP) is 2.22. The summed E-state index contributed by atoms with van der Waals surface area (Å²) < 4.78 is 0. The Labute approximate surface area is 75.1 Å². The van der Waals surface area contributed by atoms with Crippen molar-refractivity contribution in [3.05, 3.63) is 12.7 Å². The van der Waals surface area contributed by atoms with Crippen molar-refractivity contribution in [2.45, 2.75) is 32.1 Å². The molecule has 2 N–H and O–H groups in total. The van der Waals surface area contributed by atoms with Crippen LogP contribution in [-0.2, 0) is 0 Å². The Hall–Kier alpha value is -0.810. The van der Waals surface area contributed by atoms with Gasteiger partial charge >= 0.3 is 0 Å². The van der Waals surface area contributed by atoms with Crippen molar-refractivity contribution >= 4 is 0 Å². The molecule has 0 saturated heterocycles. The van der Waals surface area contributed by atoms with Crippen LogP contribution in [0.5, 0.6) is 0 Å². The highest BCUT2D eigenvalue weighted by Gasteiger charge is 2.09. The lowest BCUT2D eigenvalue weighted by Gasteiger charge is -2.18. The second-order valence-electron chi connectivity index (χ2n) is 3.07. The van der Waals surface area contributed by atoms with E-state index < -0.39 is 0 Å². The monoisotopic (exact) mass is 166 g/mol. The highest BCUT2D eigenvalue weighted by molar-refractivity contribution is 4.93. The van der Waals surface area contributed by atoms with E-state index in [-0.39, 0.29) is 0 Å². The first-order valence-corrected chi connectivity index (χ1v) is 4.55. The van der Waals surface area contributed by atoms with Gasteiger partial charge in [-0.15, -0.1) is 0 Å². The van der Waals surface area contributed by atoms with Crippen LogP contribution in [0.15, 0.2) is 12.7 Å². The number of hydrogen-bond donors (Lipinski definition) is 1. The van der Waals surface area contributed by atoms with Gasteiger partial charge in [-0.3, -0.25) is 0 Å². The second-order valence-corrected chi connectivity index (χ2v) is 3.07. The number of hydrogen-bond acceptors (Lipinski definition) is 2. The lowest BCUT2D eigenvalue weighted by Crippen LogP contribution is -2.16. The quantitative estimate of drug-likeness (QED) is 0.607. The predicted molar refractivity (Wildman–Crippen MR) is 51.4 cm³/mol. The van der Waals surface area contributed by atoms with Crippen molar-refractivity contribution in [1.82, 2.24) is 0 Å². The summed E-state index contributed by atoms with van der Waals surface area (Å²) in [5.74, 6) is 0.865. The first-order chi connectivity index (χ1) is 5.85. The van der Waals surface area contributed by atoms with Crippen LogP contribution in [0.4, 0.5) is 0 Å². The van der Waals surface area contributed by atoms with Gasteiger partial charge < -0.3 is 5.73 Å². The van der Waals surface area contributed by atoms with E-state index in [4.69, 9.17) is 11.0 Å². The van der Waals surface area contributed by atoms with Crippen LogP contribution in [0.25, 0.3) is 0 Å². The minimum atomic E-state index is 0.865. The molecule has 0 aromatic carbocycles. The normalized spacial score (nSPS) is 17.0. The molecule has 0 aliphatic heterocycles. The summed E-state index contributed by atoms with van der Waals surface area (Å²) in [5.41, 5.74) is 5.50. The van der Waals surface area contributed by atoms with Gasteiger partial charge in [-0.2, -0.15) is 5.26 Å². The van der Waals surface area contributed by atoms with Crippen LogP contribution in [-0.4, -0.2) is 6.54 Å². The summed E-state index contributed by atoms with van der Waals surface area (Å²) >= 11 is 0. The van der Waals surface area contributed by atoms with Gasteiger partial charge in [-0.25, -0.2) is 0 Å². The molecule has 0 aromatic heterocycles. The van der Waals surface area contributed by atoms with Gasteiger partial charge in [0, 0.05) is 6.08 Å². The van der Waals surface area contributed by atoms with Gasteiger partial charge in [0.15, 0.2) is 0 Å². The topological polar surface area (TPSA) is 49.8 Å². The van der Waals surface area contributed by atoms with E-state index >= 15 is 0 Å². The number of nitriles is 1. The maximum Gasteiger partial charge on any atom is 0.0905 e. The standard InChI is InChI=1S/C7H15N.C3H3N/c8-6-7-4-2-1-3-5-7;1-2-3-4/h7H,1-6,8H2;2H,1H2. The minimum Gasteiger partial charge on any atom is -0.330 e. The molecule has 0 amide bonds. The minimum absolute atomic E-state index is 0.865. The maximum atomic E-state index is 7.51. The summed E-state index contributed by atoms with van der Waals surface area (Å²) in [5, 5.41) is 7.51. The van der Waals surface area contributed by atoms with E-state index in [1.54, 1.807) is 6.07 Å². The summed E-state index contributed by atoms with van der Waals surface area (Å²) in [6.45, 7) is 4.03. The van der Waals surface area contributed by atoms with E-state index in [1.165, 1.54) is 38.2 Å². The molecule has 0 bridgehead atoms. The van der Waals surface area contributed by atoms with Gasteiger partial charge in [0.05, 0.1) is 6.07 Å². The zero-order valence-corrected chi connectivity index (χ0v) is 7.63. The maximum absolute atomic E-state index is 7.51. The average molecular weight is 166 g/mol. The molecule has 1 fully saturated rings. The molecular formula is C10H18N2. The molecule has 0 unspecified atom stereocenters. The van der Waals surface area contributed by atoms with Crippen LogP contribution in [0.1, 0.15) is 32.1 Å². The SMILES string of the molecule is C=CC#N.NCC1CCCCC1. The van der Waals surface area contributed by atoms with E-state index in [0.717, 1.165) is 12.5 Å². The first kappa shape index (κ1) is 11.2. The van der Waals surface area contributed by atoms with Crippen molar-refractivity contribution in [1.29, 1.82) is 5.26 Å². The highest BCUT2D eigenvalue weighted by atomic mass is 14.5. The molecule has 68 valence electrons. The number of nitrogens with zero attached hydrogens (tertiary/aromatic N) is 1. The molecular weight excluding hydrogens is 148 g/mol. The van der Waals surface area contributed by atoms with Crippen molar-refractivity contribution in [2.24, 2.45) is 11.7 Å². The summed E-state index contributed by atoms with van der Waals surface area (Å²) in [6, 6.07) is 1.69. The number of allylic oxidation sites excluding steroid dienone is 1. The van der Waals surface area contributed by atoms with Gasteiger partial charge in [0.2, 0.25) is 0 Å². The molecule has 2 nitrogen and oxygen atoms in total. The second kappa shape index (κ2) is 8.29. The zero-order valence-electron chi connectivity index (χ0n) is 7.63. The Morgan fingerprint density at radius 1 is 1.42 bits per heavy atom. The van der Waals surface area contributed by atoms with E-state index in [1.807, 2.05) is 0 Å². The zero-order chi connectivity index (χ0) is 9.23. The molecule has 0 spiro atoms. The highest BCUT2D eigenvalue weighted by Crippen LogP contribution is 2.21. The van der Waals surface area contributed by atoms with Crippen LogP contribution < -0.4 is 5.73 Å². The third-order valence-electron chi connectivity index (χ3n) is 2.15. The molecule has 0 atom stereocenters. The van der Waals surface area contributed by atoms with Crippen molar-refractivity contribution in [2.75, 3.05) is 6.54 Å². The van der Waals surface area contributed by atoms with Crippen LogP contribution in [0.2, 0.25) is 0 Å². The molecule has 1 aliphatic carbocycles. The molecule has 2 heteroatoms. The molecule has 1 saturated carbocycles. The fourth-order valence-electron chi connectivity index (χ4n) is 1.42. The third-order valence-corrected chi connectivity index (χ3v) is 2.15. The largest absolute Gasteiger partial charge is 0.330 e. The van der Waals surface area contributed by atoms with Gasteiger partial charge in [-0.05, 0) is 25.3 Å². The average Bonchev–Trinajstić information content (AvgIpc) is 2.19. The number of rotatable bonds is 1. The number of nitrogens with two attached hydrogens (primary N) is 1. The van der Waals surface area contributed by atoms with Gasteiger partial charge in [0.1, 0.15) is 0 Å². The Morgan fingerprint density at radius 3 is 2.17 bits per heavy atom. The van der Waals surface area contributed by atoms with Crippen molar-refractivity contribution < 1.29 is 0 Å². The van der Waals surface area contributed by atoms with Crippen LogP contribution >= 0.6 is 0 Å². The van der Waals surface area contributed by atoms with E-state index in [2.05, 4.69) is 6.58 Å². The van der Waals surface area contributed by atoms with E-state index in [9.17, 15) is 0 Å². The molecule has 12 heavy (non-hydrogen) atoms. The van der Waals surface area contributed by atoms with Crippen LogP contribution in [0, 0.1) is 17.2 Å². The Kier molecular flexibility index (Phi) is 7.73. The lowest BCUT2D eigenvalue weighted by atomic mass is 9.90. The third kappa shape index (κ3) is 5.94. The van der Waals surface area contributed by atoms with Crippen molar-refractivity contribution in [3.63, 3.8) is 0 Å². The lowest BCUT2D eigenvalue weighted by molar-refractivity contribution is 0.366. The fraction of sp³-hybridized carbons (Fsp3) is 0.700. The van der Waals surface area contributed by atoms with Gasteiger partial charge in [-0.1, -0.05) is 25.8 Å².